The molecule has 0 bridgehead atoms. The summed E-state index contributed by atoms with van der Waals surface area (Å²) < 4.78 is 0. The minimum atomic E-state index is -0.691. The van der Waals surface area contributed by atoms with Gasteiger partial charge in [0.15, 0.2) is 0 Å². The fourth-order valence-electron chi connectivity index (χ4n) is 3.26. The Kier molecular flexibility index (Phi) is 6.03. The van der Waals surface area contributed by atoms with E-state index in [0.717, 1.165) is 25.7 Å². The van der Waals surface area contributed by atoms with Crippen LogP contribution in [0.1, 0.15) is 73.1 Å². The third kappa shape index (κ3) is 2.84. The summed E-state index contributed by atoms with van der Waals surface area (Å²) in [5, 5.41) is 3.02. The average Bonchev–Trinajstić information content (AvgIpc) is 2.46. The lowest BCUT2D eigenvalue weighted by Crippen LogP contribution is -2.71. The largest absolute Gasteiger partial charge is 0.340 e. The van der Waals surface area contributed by atoms with Crippen molar-refractivity contribution in [2.75, 3.05) is 0 Å². The van der Waals surface area contributed by atoms with Crippen molar-refractivity contribution >= 4 is 11.8 Å². The van der Waals surface area contributed by atoms with Crippen molar-refractivity contribution in [1.82, 2.24) is 10.2 Å². The smallest absolute Gasteiger partial charge is 0.249 e. The molecule has 0 aromatic carbocycles. The number of amides is 2. The molecule has 0 aromatic heterocycles. The minimum Gasteiger partial charge on any atom is -0.340 e. The molecule has 1 aliphatic rings. The highest BCUT2D eigenvalue weighted by atomic mass is 16.2. The molecule has 1 aliphatic heterocycles. The highest BCUT2D eigenvalue weighted by molar-refractivity contribution is 6.00. The van der Waals surface area contributed by atoms with Crippen molar-refractivity contribution in [2.24, 2.45) is 0 Å². The van der Waals surface area contributed by atoms with Gasteiger partial charge in [-0.2, -0.15) is 0 Å². The molecule has 1 saturated heterocycles. The second kappa shape index (κ2) is 7.09. The summed E-state index contributed by atoms with van der Waals surface area (Å²) in [6.07, 6.45) is 4.77. The molecule has 0 aliphatic carbocycles. The van der Waals surface area contributed by atoms with E-state index in [0.29, 0.717) is 12.8 Å². The zero-order valence-corrected chi connectivity index (χ0v) is 13.7. The molecule has 1 atom stereocenters. The minimum absolute atomic E-state index is 0.0297. The van der Waals surface area contributed by atoms with Crippen molar-refractivity contribution < 1.29 is 9.59 Å². The monoisotopic (exact) mass is 282 g/mol. The zero-order valence-electron chi connectivity index (χ0n) is 13.7. The highest BCUT2D eigenvalue weighted by Gasteiger charge is 2.49. The van der Waals surface area contributed by atoms with Gasteiger partial charge in [0.1, 0.15) is 11.6 Å². The van der Waals surface area contributed by atoms with E-state index >= 15 is 0 Å². The van der Waals surface area contributed by atoms with Gasteiger partial charge in [0.2, 0.25) is 11.8 Å². The van der Waals surface area contributed by atoms with Gasteiger partial charge < -0.3 is 10.2 Å². The summed E-state index contributed by atoms with van der Waals surface area (Å²) in [6.45, 7) is 10.2. The number of hydrogen-bond acceptors (Lipinski definition) is 2. The lowest BCUT2D eigenvalue weighted by molar-refractivity contribution is -0.159. The Hall–Kier alpha value is -1.06. The number of carbonyl (C=O) groups is 2. The second-order valence-electron chi connectivity index (χ2n) is 5.77. The molecule has 1 heterocycles. The normalized spacial score (nSPS) is 22.3. The van der Waals surface area contributed by atoms with E-state index in [1.54, 1.807) is 0 Å². The van der Waals surface area contributed by atoms with E-state index in [-0.39, 0.29) is 23.9 Å². The van der Waals surface area contributed by atoms with Crippen molar-refractivity contribution in [3.63, 3.8) is 0 Å². The Labute approximate surface area is 123 Å². The first-order valence-corrected chi connectivity index (χ1v) is 8.15. The quantitative estimate of drug-likeness (QED) is 0.780. The van der Waals surface area contributed by atoms with E-state index in [9.17, 15) is 9.59 Å². The van der Waals surface area contributed by atoms with Gasteiger partial charge in [-0.05, 0) is 32.1 Å². The maximum Gasteiger partial charge on any atom is 0.249 e. The number of piperazine rings is 1. The van der Waals surface area contributed by atoms with Crippen LogP contribution in [0, 0.1) is 0 Å². The van der Waals surface area contributed by atoms with Crippen LogP contribution < -0.4 is 5.32 Å². The van der Waals surface area contributed by atoms with Crippen LogP contribution in [0.15, 0.2) is 0 Å². The Morgan fingerprint density at radius 1 is 1.10 bits per heavy atom. The molecule has 20 heavy (non-hydrogen) atoms. The van der Waals surface area contributed by atoms with Gasteiger partial charge in [0.05, 0.1) is 0 Å². The summed E-state index contributed by atoms with van der Waals surface area (Å²) in [6, 6.07) is -0.119. The first kappa shape index (κ1) is 17.0. The highest BCUT2D eigenvalue weighted by Crippen LogP contribution is 2.29. The zero-order chi connectivity index (χ0) is 15.3. The maximum atomic E-state index is 13.0. The van der Waals surface area contributed by atoms with Crippen LogP contribution >= 0.6 is 0 Å². The summed E-state index contributed by atoms with van der Waals surface area (Å²) in [7, 11) is 0. The van der Waals surface area contributed by atoms with Crippen molar-refractivity contribution in [3.05, 3.63) is 0 Å². The van der Waals surface area contributed by atoms with Crippen LogP contribution in [0.2, 0.25) is 0 Å². The molecule has 1 unspecified atom stereocenters. The third-order valence-electron chi connectivity index (χ3n) is 4.75. The SMILES string of the molecule is CCCC1C(=O)NC(CC)(CC)C(=O)N1C(CC)CC. The molecule has 2 amide bonds. The van der Waals surface area contributed by atoms with E-state index in [1.807, 2.05) is 18.7 Å². The van der Waals surface area contributed by atoms with Gasteiger partial charge in [-0.1, -0.05) is 41.0 Å². The van der Waals surface area contributed by atoms with E-state index in [2.05, 4.69) is 26.1 Å². The van der Waals surface area contributed by atoms with Crippen molar-refractivity contribution in [1.29, 1.82) is 0 Å². The Morgan fingerprint density at radius 3 is 2.05 bits per heavy atom. The van der Waals surface area contributed by atoms with Gasteiger partial charge in [0, 0.05) is 6.04 Å². The molecule has 116 valence electrons. The first-order chi connectivity index (χ1) is 9.51. The number of rotatable bonds is 7. The summed E-state index contributed by atoms with van der Waals surface area (Å²) in [4.78, 5) is 27.4. The number of nitrogens with zero attached hydrogens (tertiary/aromatic N) is 1. The fourth-order valence-corrected chi connectivity index (χ4v) is 3.26. The first-order valence-electron chi connectivity index (χ1n) is 8.15. The topological polar surface area (TPSA) is 49.4 Å². The molecular weight excluding hydrogens is 252 g/mol. The lowest BCUT2D eigenvalue weighted by atomic mass is 9.85. The van der Waals surface area contributed by atoms with Crippen molar-refractivity contribution in [3.8, 4) is 0 Å². The molecule has 4 heteroatoms. The summed E-state index contributed by atoms with van der Waals surface area (Å²) in [5.41, 5.74) is -0.691. The number of hydrogen-bond donors (Lipinski definition) is 1. The molecular formula is C16H30N2O2. The Bertz CT molecular complexity index is 346. The van der Waals surface area contributed by atoms with Crippen LogP contribution in [0.25, 0.3) is 0 Å². The predicted octanol–water partition coefficient (Wildman–Crippen LogP) is 2.86. The molecule has 0 aromatic rings. The maximum absolute atomic E-state index is 13.0. The van der Waals surface area contributed by atoms with E-state index < -0.39 is 5.54 Å². The van der Waals surface area contributed by atoms with Gasteiger partial charge in [-0.15, -0.1) is 0 Å². The fraction of sp³-hybridized carbons (Fsp3) is 0.875. The molecule has 0 saturated carbocycles. The second-order valence-corrected chi connectivity index (χ2v) is 5.77. The van der Waals surface area contributed by atoms with Gasteiger partial charge in [-0.3, -0.25) is 9.59 Å². The van der Waals surface area contributed by atoms with E-state index in [1.165, 1.54) is 0 Å². The van der Waals surface area contributed by atoms with Crippen molar-refractivity contribution in [2.45, 2.75) is 90.8 Å². The lowest BCUT2D eigenvalue weighted by Gasteiger charge is -2.48. The summed E-state index contributed by atoms with van der Waals surface area (Å²) in [5.74, 6) is 0.149. The third-order valence-corrected chi connectivity index (χ3v) is 4.75. The summed E-state index contributed by atoms with van der Waals surface area (Å²) >= 11 is 0. The van der Waals surface area contributed by atoms with Crippen LogP contribution in [0.5, 0.6) is 0 Å². The van der Waals surface area contributed by atoms with Crippen LogP contribution in [0.3, 0.4) is 0 Å². The van der Waals surface area contributed by atoms with Crippen LogP contribution in [-0.2, 0) is 9.59 Å². The molecule has 4 nitrogen and oxygen atoms in total. The molecule has 1 fully saturated rings. The van der Waals surface area contributed by atoms with Crippen LogP contribution in [0.4, 0.5) is 0 Å². The number of nitrogens with one attached hydrogen (secondary N) is 1. The molecule has 0 spiro atoms. The average molecular weight is 282 g/mol. The van der Waals surface area contributed by atoms with Gasteiger partial charge in [-0.25, -0.2) is 0 Å². The number of carbonyl (C=O) groups excluding carboxylic acids is 2. The van der Waals surface area contributed by atoms with Gasteiger partial charge in [0.25, 0.3) is 0 Å². The Morgan fingerprint density at radius 2 is 1.65 bits per heavy atom. The molecule has 1 N–H and O–H groups in total. The van der Waals surface area contributed by atoms with Gasteiger partial charge >= 0.3 is 0 Å². The molecule has 0 radical (unpaired) electrons. The molecule has 1 rings (SSSR count). The predicted molar refractivity (Wildman–Crippen MR) is 81.4 cm³/mol. The Balaban J connectivity index is 3.19. The standard InChI is InChI=1S/C16H30N2O2/c1-6-11-13-14(19)17-16(9-4,10-5)15(20)18(13)12(7-2)8-3/h12-13H,6-11H2,1-5H3,(H,17,19). The van der Waals surface area contributed by atoms with Crippen LogP contribution in [-0.4, -0.2) is 34.3 Å². The van der Waals surface area contributed by atoms with E-state index in [4.69, 9.17) is 0 Å².